The minimum atomic E-state index is -0.479. The van der Waals surface area contributed by atoms with Gasteiger partial charge in [-0.1, -0.05) is 58.4 Å². The maximum atomic E-state index is 12.6. The lowest BCUT2D eigenvalue weighted by Crippen LogP contribution is -2.13. The van der Waals surface area contributed by atoms with Crippen LogP contribution in [-0.4, -0.2) is 12.5 Å². The van der Waals surface area contributed by atoms with Crippen LogP contribution in [0.5, 0.6) is 11.5 Å². The molecule has 162 valence electrons. The zero-order valence-electron chi connectivity index (χ0n) is 17.9. The van der Waals surface area contributed by atoms with E-state index in [0.717, 1.165) is 11.1 Å². The van der Waals surface area contributed by atoms with Crippen molar-refractivity contribution in [1.82, 2.24) is 0 Å². The van der Waals surface area contributed by atoms with Gasteiger partial charge in [0.05, 0.1) is 6.61 Å². The minimum absolute atomic E-state index is 0.0207. The van der Waals surface area contributed by atoms with Crippen molar-refractivity contribution in [2.45, 2.75) is 20.5 Å². The lowest BCUT2D eigenvalue weighted by Gasteiger charge is -2.14. The summed E-state index contributed by atoms with van der Waals surface area (Å²) in [5.74, 6) is 0.629. The SMILES string of the molecule is CCOc1cc(/C=C(\C#N)C(=O)Nc2cccc(C)c2)c(Br)cc1OCc1ccccc1. The quantitative estimate of drug-likeness (QED) is 0.297. The van der Waals surface area contributed by atoms with Crippen molar-refractivity contribution < 1.29 is 14.3 Å². The molecule has 0 heterocycles. The number of hydrogen-bond acceptors (Lipinski definition) is 4. The number of anilines is 1. The van der Waals surface area contributed by atoms with Crippen molar-refractivity contribution in [3.05, 3.63) is 93.5 Å². The van der Waals surface area contributed by atoms with Gasteiger partial charge in [0.1, 0.15) is 18.2 Å². The van der Waals surface area contributed by atoms with Crippen molar-refractivity contribution in [3.8, 4) is 17.6 Å². The maximum Gasteiger partial charge on any atom is 0.266 e. The Kier molecular flexibility index (Phi) is 8.07. The molecule has 1 amide bonds. The number of nitrogens with one attached hydrogen (secondary N) is 1. The molecule has 0 aliphatic rings. The molecule has 0 saturated heterocycles. The molecule has 3 rings (SSSR count). The summed E-state index contributed by atoms with van der Waals surface area (Å²) in [5.41, 5.74) is 3.30. The summed E-state index contributed by atoms with van der Waals surface area (Å²) in [5, 5.41) is 12.3. The Hall–Kier alpha value is -3.56. The van der Waals surface area contributed by atoms with Gasteiger partial charge in [-0.15, -0.1) is 0 Å². The van der Waals surface area contributed by atoms with Crippen molar-refractivity contribution >= 4 is 33.6 Å². The molecule has 0 saturated carbocycles. The second-order valence-corrected chi connectivity index (χ2v) is 7.88. The summed E-state index contributed by atoms with van der Waals surface area (Å²) in [4.78, 5) is 12.6. The van der Waals surface area contributed by atoms with E-state index in [4.69, 9.17) is 9.47 Å². The van der Waals surface area contributed by atoms with E-state index in [0.29, 0.717) is 40.4 Å². The molecule has 0 spiro atoms. The van der Waals surface area contributed by atoms with Crippen LogP contribution in [-0.2, 0) is 11.4 Å². The Morgan fingerprint density at radius 1 is 1.06 bits per heavy atom. The van der Waals surface area contributed by atoms with Crippen LogP contribution in [0.15, 0.2) is 76.8 Å². The third kappa shape index (κ3) is 6.22. The summed E-state index contributed by atoms with van der Waals surface area (Å²) in [6.45, 7) is 4.66. The van der Waals surface area contributed by atoms with Crippen molar-refractivity contribution in [1.29, 1.82) is 5.26 Å². The van der Waals surface area contributed by atoms with Gasteiger partial charge in [0.15, 0.2) is 11.5 Å². The minimum Gasteiger partial charge on any atom is -0.490 e. The molecular formula is C26H23BrN2O3. The number of nitriles is 1. The highest BCUT2D eigenvalue weighted by molar-refractivity contribution is 9.10. The number of ether oxygens (including phenoxy) is 2. The van der Waals surface area contributed by atoms with Gasteiger partial charge in [0.2, 0.25) is 0 Å². The van der Waals surface area contributed by atoms with Crippen molar-refractivity contribution in [2.75, 3.05) is 11.9 Å². The van der Waals surface area contributed by atoms with E-state index in [9.17, 15) is 10.1 Å². The lowest BCUT2D eigenvalue weighted by molar-refractivity contribution is -0.112. The second-order valence-electron chi connectivity index (χ2n) is 7.02. The van der Waals surface area contributed by atoms with Gasteiger partial charge < -0.3 is 14.8 Å². The monoisotopic (exact) mass is 490 g/mol. The topological polar surface area (TPSA) is 71.3 Å². The highest BCUT2D eigenvalue weighted by atomic mass is 79.9. The summed E-state index contributed by atoms with van der Waals surface area (Å²) in [6.07, 6.45) is 1.53. The van der Waals surface area contributed by atoms with Crippen LogP contribution in [0.3, 0.4) is 0 Å². The predicted octanol–water partition coefficient (Wildman–Crippen LogP) is 6.28. The van der Waals surface area contributed by atoms with Crippen LogP contribution in [0.25, 0.3) is 6.08 Å². The van der Waals surface area contributed by atoms with Gasteiger partial charge in [-0.25, -0.2) is 0 Å². The number of carbonyl (C=O) groups is 1. The van der Waals surface area contributed by atoms with E-state index >= 15 is 0 Å². The Morgan fingerprint density at radius 2 is 1.81 bits per heavy atom. The van der Waals surface area contributed by atoms with Gasteiger partial charge in [-0.05, 0) is 60.9 Å². The first-order valence-electron chi connectivity index (χ1n) is 10.1. The van der Waals surface area contributed by atoms with E-state index in [1.165, 1.54) is 6.08 Å². The number of benzene rings is 3. The first kappa shape index (κ1) is 23.1. The summed E-state index contributed by atoms with van der Waals surface area (Å²) < 4.78 is 12.4. The normalized spacial score (nSPS) is 10.9. The average molecular weight is 491 g/mol. The molecule has 0 bridgehead atoms. The predicted molar refractivity (Wildman–Crippen MR) is 129 cm³/mol. The fourth-order valence-electron chi connectivity index (χ4n) is 3.00. The van der Waals surface area contributed by atoms with E-state index in [2.05, 4.69) is 21.2 Å². The number of amides is 1. The maximum absolute atomic E-state index is 12.6. The van der Waals surface area contributed by atoms with Crippen LogP contribution < -0.4 is 14.8 Å². The second kappa shape index (κ2) is 11.2. The van der Waals surface area contributed by atoms with Gasteiger partial charge in [0, 0.05) is 10.2 Å². The van der Waals surface area contributed by atoms with Gasteiger partial charge >= 0.3 is 0 Å². The van der Waals surface area contributed by atoms with Crippen molar-refractivity contribution in [2.24, 2.45) is 0 Å². The molecule has 0 radical (unpaired) electrons. The standard InChI is InChI=1S/C26H23BrN2O3/c1-3-31-24-14-20(23(27)15-25(24)32-17-19-9-5-4-6-10-19)13-21(16-28)26(30)29-22-11-7-8-18(2)12-22/h4-15H,3,17H2,1-2H3,(H,29,30)/b21-13+. The van der Waals surface area contributed by atoms with Gasteiger partial charge in [-0.3, -0.25) is 4.79 Å². The van der Waals surface area contributed by atoms with Crippen LogP contribution in [0, 0.1) is 18.3 Å². The summed E-state index contributed by atoms with van der Waals surface area (Å²) in [6, 6.07) is 22.8. The third-order valence-electron chi connectivity index (χ3n) is 4.54. The molecule has 3 aromatic carbocycles. The molecule has 0 aliphatic carbocycles. The first-order valence-corrected chi connectivity index (χ1v) is 10.9. The Labute approximate surface area is 196 Å². The summed E-state index contributed by atoms with van der Waals surface area (Å²) >= 11 is 3.52. The molecule has 5 nitrogen and oxygen atoms in total. The molecule has 0 unspecified atom stereocenters. The van der Waals surface area contributed by atoms with Crippen LogP contribution in [0.1, 0.15) is 23.6 Å². The molecule has 0 fully saturated rings. The number of nitrogens with zero attached hydrogens (tertiary/aromatic N) is 1. The zero-order chi connectivity index (χ0) is 22.9. The number of aryl methyl sites for hydroxylation is 1. The molecule has 0 aliphatic heterocycles. The fraction of sp³-hybridized carbons (Fsp3) is 0.154. The van der Waals surface area contributed by atoms with Crippen molar-refractivity contribution in [3.63, 3.8) is 0 Å². The fourth-order valence-corrected chi connectivity index (χ4v) is 3.44. The van der Waals surface area contributed by atoms with E-state index in [1.807, 2.05) is 68.4 Å². The smallest absolute Gasteiger partial charge is 0.266 e. The van der Waals surface area contributed by atoms with Gasteiger partial charge in [-0.2, -0.15) is 5.26 Å². The number of carbonyl (C=O) groups excluding carboxylic acids is 1. The molecule has 3 aromatic rings. The first-order chi connectivity index (χ1) is 15.5. The highest BCUT2D eigenvalue weighted by Gasteiger charge is 2.14. The number of rotatable bonds is 8. The van der Waals surface area contributed by atoms with Crippen LogP contribution >= 0.6 is 15.9 Å². The molecule has 6 heteroatoms. The Balaban J connectivity index is 1.85. The summed E-state index contributed by atoms with van der Waals surface area (Å²) in [7, 11) is 0. The number of hydrogen-bond donors (Lipinski definition) is 1. The van der Waals surface area contributed by atoms with Crippen LogP contribution in [0.2, 0.25) is 0 Å². The zero-order valence-corrected chi connectivity index (χ0v) is 19.5. The molecule has 0 aromatic heterocycles. The van der Waals surface area contributed by atoms with Gasteiger partial charge in [0.25, 0.3) is 5.91 Å². The van der Waals surface area contributed by atoms with E-state index in [-0.39, 0.29) is 5.57 Å². The largest absolute Gasteiger partial charge is 0.490 e. The highest BCUT2D eigenvalue weighted by Crippen LogP contribution is 2.35. The van der Waals surface area contributed by atoms with Crippen LogP contribution in [0.4, 0.5) is 5.69 Å². The lowest BCUT2D eigenvalue weighted by atomic mass is 10.1. The Bertz CT molecular complexity index is 1170. The van der Waals surface area contributed by atoms with E-state index in [1.54, 1.807) is 18.2 Å². The van der Waals surface area contributed by atoms with E-state index < -0.39 is 5.91 Å². The average Bonchev–Trinajstić information content (AvgIpc) is 2.79. The Morgan fingerprint density at radius 3 is 2.50 bits per heavy atom. The molecule has 32 heavy (non-hydrogen) atoms. The molecule has 1 N–H and O–H groups in total. The third-order valence-corrected chi connectivity index (χ3v) is 5.23. The molecule has 0 atom stereocenters. The number of halogens is 1. The molecular weight excluding hydrogens is 468 g/mol.